The molecule has 2 aliphatic heterocycles. The van der Waals surface area contributed by atoms with Crippen LogP contribution in [0.2, 0.25) is 0 Å². The van der Waals surface area contributed by atoms with Gasteiger partial charge in [-0.2, -0.15) is 0 Å². The normalized spacial score (nSPS) is 38.4. The van der Waals surface area contributed by atoms with Gasteiger partial charge in [0, 0.05) is 25.7 Å². The molecule has 3 aliphatic rings. The van der Waals surface area contributed by atoms with Gasteiger partial charge in [0.1, 0.15) is 0 Å². The minimum atomic E-state index is -3.07. The average molecular weight is 274 g/mol. The first kappa shape index (κ1) is 12.8. The Kier molecular flexibility index (Phi) is 3.17. The lowest BCUT2D eigenvalue weighted by molar-refractivity contribution is -0.0766. The second-order valence-corrected chi connectivity index (χ2v) is 8.06. The van der Waals surface area contributed by atoms with E-state index in [2.05, 4.69) is 16.7 Å². The van der Waals surface area contributed by atoms with Crippen LogP contribution in [0.3, 0.4) is 0 Å². The van der Waals surface area contributed by atoms with Gasteiger partial charge in [0.25, 0.3) is 0 Å². The second-order valence-electron chi connectivity index (χ2n) is 6.07. The van der Waals surface area contributed by atoms with Crippen molar-refractivity contribution in [1.29, 1.82) is 0 Å². The van der Waals surface area contributed by atoms with E-state index in [4.69, 9.17) is 4.74 Å². The fourth-order valence-corrected chi connectivity index (χ4v) is 4.78. The highest BCUT2D eigenvalue weighted by Gasteiger charge is 2.44. The predicted molar refractivity (Wildman–Crippen MR) is 68.9 cm³/mol. The molecular formula is C12H22N2O3S. The minimum Gasteiger partial charge on any atom is -0.373 e. The van der Waals surface area contributed by atoms with Gasteiger partial charge in [-0.3, -0.25) is 0 Å². The van der Waals surface area contributed by atoms with Crippen molar-refractivity contribution in [1.82, 2.24) is 9.62 Å². The van der Waals surface area contributed by atoms with Crippen molar-refractivity contribution >= 4 is 10.0 Å². The molecule has 1 aliphatic carbocycles. The molecule has 0 bridgehead atoms. The number of hydrogen-bond acceptors (Lipinski definition) is 4. The Morgan fingerprint density at radius 3 is 2.72 bits per heavy atom. The van der Waals surface area contributed by atoms with Crippen molar-refractivity contribution in [2.45, 2.75) is 49.0 Å². The number of nitrogens with zero attached hydrogens (tertiary/aromatic N) is 1. The maximum atomic E-state index is 12.0. The van der Waals surface area contributed by atoms with E-state index in [1.54, 1.807) is 0 Å². The molecule has 0 unspecified atom stereocenters. The van der Waals surface area contributed by atoms with Gasteiger partial charge in [-0.25, -0.2) is 13.1 Å². The van der Waals surface area contributed by atoms with Gasteiger partial charge in [-0.05, 0) is 39.2 Å². The molecule has 2 atom stereocenters. The van der Waals surface area contributed by atoms with Crippen LogP contribution >= 0.6 is 0 Å². The maximum absolute atomic E-state index is 12.0. The summed E-state index contributed by atoms with van der Waals surface area (Å²) in [6.07, 6.45) is 4.30. The second kappa shape index (κ2) is 4.44. The van der Waals surface area contributed by atoms with E-state index in [9.17, 15) is 8.42 Å². The summed E-state index contributed by atoms with van der Waals surface area (Å²) < 4.78 is 32.8. The zero-order chi connectivity index (χ0) is 12.8. The Morgan fingerprint density at radius 2 is 2.11 bits per heavy atom. The van der Waals surface area contributed by atoms with Gasteiger partial charge >= 0.3 is 0 Å². The van der Waals surface area contributed by atoms with Crippen molar-refractivity contribution in [2.75, 3.05) is 26.7 Å². The van der Waals surface area contributed by atoms with Crippen molar-refractivity contribution in [3.63, 3.8) is 0 Å². The highest BCUT2D eigenvalue weighted by molar-refractivity contribution is 7.90. The Bertz CT molecular complexity index is 417. The van der Waals surface area contributed by atoms with E-state index in [1.165, 1.54) is 0 Å². The SMILES string of the molecule is CN1CC[C@@]2(C[C@H](NS(=O)(=O)C3CC3)CCO2)C1. The Balaban J connectivity index is 1.64. The molecule has 0 aromatic rings. The van der Waals surface area contributed by atoms with Crippen molar-refractivity contribution in [2.24, 2.45) is 0 Å². The lowest BCUT2D eigenvalue weighted by Gasteiger charge is -2.38. The standard InChI is InChI=1S/C12H22N2O3S/c1-14-6-5-12(9-14)8-10(4-7-17-12)13-18(15,16)11-2-3-11/h10-11,13H,2-9H2,1H3/t10-,12-/m1/s1. The van der Waals surface area contributed by atoms with Crippen LogP contribution in [0.4, 0.5) is 0 Å². The van der Waals surface area contributed by atoms with E-state index in [-0.39, 0.29) is 16.9 Å². The van der Waals surface area contributed by atoms with Gasteiger partial charge < -0.3 is 9.64 Å². The van der Waals surface area contributed by atoms with Crippen LogP contribution in [0.5, 0.6) is 0 Å². The molecule has 0 aromatic heterocycles. The molecule has 104 valence electrons. The maximum Gasteiger partial charge on any atom is 0.214 e. The lowest BCUT2D eigenvalue weighted by atomic mass is 9.90. The summed E-state index contributed by atoms with van der Waals surface area (Å²) in [5.74, 6) is 0. The van der Waals surface area contributed by atoms with E-state index >= 15 is 0 Å². The van der Waals surface area contributed by atoms with Crippen molar-refractivity contribution < 1.29 is 13.2 Å². The van der Waals surface area contributed by atoms with E-state index in [1.807, 2.05) is 0 Å². The molecule has 1 spiro atoms. The zero-order valence-corrected chi connectivity index (χ0v) is 11.7. The summed E-state index contributed by atoms with van der Waals surface area (Å²) in [5, 5.41) is -0.123. The molecule has 0 amide bonds. The number of likely N-dealkylation sites (N-methyl/N-ethyl adjacent to an activating group) is 1. The van der Waals surface area contributed by atoms with Crippen LogP contribution in [0.1, 0.15) is 32.1 Å². The molecule has 6 heteroatoms. The number of hydrogen-bond donors (Lipinski definition) is 1. The Hall–Kier alpha value is -0.170. The van der Waals surface area contributed by atoms with Gasteiger partial charge in [-0.15, -0.1) is 0 Å². The quantitative estimate of drug-likeness (QED) is 0.805. The fourth-order valence-electron chi connectivity index (χ4n) is 3.16. The highest BCUT2D eigenvalue weighted by Crippen LogP contribution is 2.35. The first-order valence-electron chi connectivity index (χ1n) is 6.83. The molecule has 2 saturated heterocycles. The van der Waals surface area contributed by atoms with Crippen LogP contribution in [0.25, 0.3) is 0 Å². The Morgan fingerprint density at radius 1 is 1.33 bits per heavy atom. The Labute approximate surface area is 109 Å². The number of sulfonamides is 1. The van der Waals surface area contributed by atoms with Crippen LogP contribution < -0.4 is 4.72 Å². The number of rotatable bonds is 3. The van der Waals surface area contributed by atoms with Crippen LogP contribution in [-0.4, -0.2) is 57.0 Å². The third-order valence-corrected chi connectivity index (χ3v) is 6.31. The van der Waals surface area contributed by atoms with Gasteiger partial charge in [0.2, 0.25) is 10.0 Å². The van der Waals surface area contributed by atoms with Crippen molar-refractivity contribution in [3.8, 4) is 0 Å². The van der Waals surface area contributed by atoms with E-state index in [0.29, 0.717) is 6.61 Å². The smallest absolute Gasteiger partial charge is 0.214 e. The molecule has 2 heterocycles. The minimum absolute atomic E-state index is 0.0656. The summed E-state index contributed by atoms with van der Waals surface area (Å²) in [6.45, 7) is 2.64. The molecule has 0 aromatic carbocycles. The largest absolute Gasteiger partial charge is 0.373 e. The first-order valence-corrected chi connectivity index (χ1v) is 8.37. The fraction of sp³-hybridized carbons (Fsp3) is 1.00. The third-order valence-electron chi connectivity index (χ3n) is 4.29. The van der Waals surface area contributed by atoms with E-state index < -0.39 is 10.0 Å². The average Bonchev–Trinajstić information content (AvgIpc) is 3.06. The van der Waals surface area contributed by atoms with Gasteiger partial charge in [0.05, 0.1) is 10.9 Å². The van der Waals surface area contributed by atoms with Gasteiger partial charge in [-0.1, -0.05) is 0 Å². The third kappa shape index (κ3) is 2.57. The van der Waals surface area contributed by atoms with Crippen LogP contribution in [0, 0.1) is 0 Å². The molecular weight excluding hydrogens is 252 g/mol. The molecule has 18 heavy (non-hydrogen) atoms. The summed E-state index contributed by atoms with van der Waals surface area (Å²) in [5.41, 5.74) is -0.107. The number of nitrogens with one attached hydrogen (secondary N) is 1. The number of ether oxygens (including phenoxy) is 1. The summed E-state index contributed by atoms with van der Waals surface area (Å²) in [4.78, 5) is 2.26. The van der Waals surface area contributed by atoms with Gasteiger partial charge in [0.15, 0.2) is 0 Å². The highest BCUT2D eigenvalue weighted by atomic mass is 32.2. The number of likely N-dealkylation sites (tertiary alicyclic amines) is 1. The van der Waals surface area contributed by atoms with Crippen LogP contribution in [0.15, 0.2) is 0 Å². The molecule has 1 saturated carbocycles. The summed E-state index contributed by atoms with van der Waals surface area (Å²) in [6, 6.07) is 0.0656. The lowest BCUT2D eigenvalue weighted by Crippen LogP contribution is -2.50. The molecule has 1 N–H and O–H groups in total. The first-order chi connectivity index (χ1) is 8.49. The molecule has 3 fully saturated rings. The monoisotopic (exact) mass is 274 g/mol. The van der Waals surface area contributed by atoms with Crippen molar-refractivity contribution in [3.05, 3.63) is 0 Å². The molecule has 5 nitrogen and oxygen atoms in total. The van der Waals surface area contributed by atoms with Crippen LogP contribution in [-0.2, 0) is 14.8 Å². The summed E-state index contributed by atoms with van der Waals surface area (Å²) in [7, 11) is -0.972. The topological polar surface area (TPSA) is 58.6 Å². The predicted octanol–water partition coefficient (Wildman–Crippen LogP) is 0.322. The molecule has 3 rings (SSSR count). The summed E-state index contributed by atoms with van der Waals surface area (Å²) >= 11 is 0. The molecule has 0 radical (unpaired) electrons. The zero-order valence-electron chi connectivity index (χ0n) is 10.9. The van der Waals surface area contributed by atoms with E-state index in [0.717, 1.165) is 45.2 Å².